The zero-order chi connectivity index (χ0) is 9.35. The van der Waals surface area contributed by atoms with Crippen LogP contribution in [0.4, 0.5) is 0 Å². The minimum atomic E-state index is -2.35. The van der Waals surface area contributed by atoms with Crippen LogP contribution in [0.15, 0.2) is 0 Å². The van der Waals surface area contributed by atoms with Gasteiger partial charge in [-0.2, -0.15) is 0 Å². The first kappa shape index (κ1) is 9.40. The van der Waals surface area contributed by atoms with Crippen molar-refractivity contribution in [2.75, 3.05) is 6.61 Å². The first-order valence-corrected chi connectivity index (χ1v) is 3.42. The predicted molar refractivity (Wildman–Crippen MR) is 35.2 cm³/mol. The Labute approximate surface area is 68.0 Å². The summed E-state index contributed by atoms with van der Waals surface area (Å²) in [5.74, 6) is -3.91. The molecule has 0 radical (unpaired) electrons. The van der Waals surface area contributed by atoms with Crippen LogP contribution in [0.2, 0.25) is 0 Å². The van der Waals surface area contributed by atoms with Gasteiger partial charge in [-0.15, -0.1) is 0 Å². The Kier molecular flexibility index (Phi) is 2.34. The number of aliphatic hydroxyl groups is 3. The van der Waals surface area contributed by atoms with E-state index >= 15 is 0 Å². The summed E-state index contributed by atoms with van der Waals surface area (Å²) in [6, 6.07) is 0. The van der Waals surface area contributed by atoms with Crippen molar-refractivity contribution in [1.29, 1.82) is 0 Å². The number of ether oxygens (including phenoxy) is 1. The molecule has 70 valence electrons. The van der Waals surface area contributed by atoms with Crippen LogP contribution in [0.1, 0.15) is 6.42 Å². The lowest BCUT2D eigenvalue weighted by Crippen LogP contribution is -2.38. The van der Waals surface area contributed by atoms with E-state index in [1.165, 1.54) is 0 Å². The number of carbonyl (C=O) groups is 1. The number of carboxylic acids is 1. The van der Waals surface area contributed by atoms with Gasteiger partial charge in [-0.25, -0.2) is 4.79 Å². The SMILES string of the molecule is O=C(O)C1(O)C[C@@H](O)C(CO)O1. The van der Waals surface area contributed by atoms with Crippen molar-refractivity contribution in [3.05, 3.63) is 0 Å². The van der Waals surface area contributed by atoms with E-state index in [2.05, 4.69) is 4.74 Å². The van der Waals surface area contributed by atoms with Gasteiger partial charge in [-0.3, -0.25) is 0 Å². The van der Waals surface area contributed by atoms with E-state index in [0.29, 0.717) is 0 Å². The Balaban J connectivity index is 2.70. The lowest BCUT2D eigenvalue weighted by Gasteiger charge is -2.16. The highest BCUT2D eigenvalue weighted by Crippen LogP contribution is 2.28. The minimum Gasteiger partial charge on any atom is -0.477 e. The maximum absolute atomic E-state index is 10.4. The number of rotatable bonds is 2. The third-order valence-corrected chi connectivity index (χ3v) is 1.78. The molecule has 1 fully saturated rings. The predicted octanol–water partition coefficient (Wildman–Crippen LogP) is -2.10. The quantitative estimate of drug-likeness (QED) is 0.386. The second-order valence-corrected chi connectivity index (χ2v) is 2.70. The van der Waals surface area contributed by atoms with Gasteiger partial charge in [0.25, 0.3) is 5.79 Å². The highest BCUT2D eigenvalue weighted by Gasteiger charge is 2.50. The van der Waals surface area contributed by atoms with Gasteiger partial charge in [0.1, 0.15) is 6.10 Å². The molecule has 1 rings (SSSR count). The normalized spacial score (nSPS) is 41.6. The molecule has 6 nitrogen and oxygen atoms in total. The Morgan fingerprint density at radius 1 is 1.67 bits per heavy atom. The summed E-state index contributed by atoms with van der Waals surface area (Å²) >= 11 is 0. The van der Waals surface area contributed by atoms with E-state index in [0.717, 1.165) is 0 Å². The molecule has 6 heteroatoms. The molecule has 0 aliphatic carbocycles. The van der Waals surface area contributed by atoms with Gasteiger partial charge in [-0.1, -0.05) is 0 Å². The summed E-state index contributed by atoms with van der Waals surface area (Å²) in [6.45, 7) is -0.517. The number of hydrogen-bond donors (Lipinski definition) is 4. The molecule has 0 amide bonds. The lowest BCUT2D eigenvalue weighted by molar-refractivity contribution is -0.219. The van der Waals surface area contributed by atoms with Crippen LogP contribution in [-0.2, 0) is 9.53 Å². The highest BCUT2D eigenvalue weighted by molar-refractivity contribution is 5.75. The van der Waals surface area contributed by atoms with Gasteiger partial charge >= 0.3 is 5.97 Å². The van der Waals surface area contributed by atoms with E-state index in [1.54, 1.807) is 0 Å². The molecule has 0 saturated carbocycles. The highest BCUT2D eigenvalue weighted by atomic mass is 16.7. The molecule has 0 aromatic rings. The van der Waals surface area contributed by atoms with Gasteiger partial charge < -0.3 is 25.2 Å². The van der Waals surface area contributed by atoms with Gasteiger partial charge in [-0.05, 0) is 0 Å². The van der Waals surface area contributed by atoms with Crippen molar-refractivity contribution >= 4 is 5.97 Å². The topological polar surface area (TPSA) is 107 Å². The van der Waals surface area contributed by atoms with E-state index in [1.807, 2.05) is 0 Å². The third kappa shape index (κ3) is 1.42. The number of aliphatic carboxylic acids is 1. The minimum absolute atomic E-state index is 0.423. The fourth-order valence-electron chi connectivity index (χ4n) is 1.09. The van der Waals surface area contributed by atoms with E-state index in [-0.39, 0.29) is 0 Å². The molecular weight excluding hydrogens is 168 g/mol. The van der Waals surface area contributed by atoms with Crippen molar-refractivity contribution in [3.8, 4) is 0 Å². The molecular formula is C6H10O6. The Morgan fingerprint density at radius 2 is 2.25 bits per heavy atom. The van der Waals surface area contributed by atoms with Crippen LogP contribution in [-0.4, -0.2) is 51.0 Å². The van der Waals surface area contributed by atoms with Crippen molar-refractivity contribution < 1.29 is 30.0 Å². The van der Waals surface area contributed by atoms with Crippen LogP contribution < -0.4 is 0 Å². The Bertz CT molecular complexity index is 192. The Hall–Kier alpha value is -0.690. The van der Waals surface area contributed by atoms with Gasteiger partial charge in [0, 0.05) is 6.42 Å². The smallest absolute Gasteiger partial charge is 0.364 e. The largest absolute Gasteiger partial charge is 0.477 e. The molecule has 0 aromatic heterocycles. The van der Waals surface area contributed by atoms with Crippen LogP contribution in [0.3, 0.4) is 0 Å². The van der Waals surface area contributed by atoms with Crippen molar-refractivity contribution in [2.24, 2.45) is 0 Å². The molecule has 1 aliphatic rings. The first-order valence-electron chi connectivity index (χ1n) is 3.42. The molecule has 2 unspecified atom stereocenters. The number of hydrogen-bond acceptors (Lipinski definition) is 5. The average molecular weight is 178 g/mol. The molecule has 0 aromatic carbocycles. The zero-order valence-corrected chi connectivity index (χ0v) is 6.17. The van der Waals surface area contributed by atoms with Crippen LogP contribution in [0, 0.1) is 0 Å². The van der Waals surface area contributed by atoms with Gasteiger partial charge in [0.2, 0.25) is 0 Å². The number of carboxylic acid groups (broad SMARTS) is 1. The molecule has 1 aliphatic heterocycles. The van der Waals surface area contributed by atoms with Crippen molar-refractivity contribution in [3.63, 3.8) is 0 Å². The summed E-state index contributed by atoms with van der Waals surface area (Å²) in [7, 11) is 0. The standard InChI is InChI=1S/C6H10O6/c7-2-4-3(8)1-6(11,12-4)5(9)10/h3-4,7-8,11H,1-2H2,(H,9,10)/t3-,4?,6?/m1/s1. The summed E-state index contributed by atoms with van der Waals surface area (Å²) in [6.07, 6.45) is -2.59. The van der Waals surface area contributed by atoms with Crippen molar-refractivity contribution in [2.45, 2.75) is 24.4 Å². The molecule has 12 heavy (non-hydrogen) atoms. The molecule has 3 atom stereocenters. The maximum atomic E-state index is 10.4. The molecule has 1 saturated heterocycles. The van der Waals surface area contributed by atoms with E-state index < -0.39 is 37.0 Å². The molecule has 1 heterocycles. The zero-order valence-electron chi connectivity index (χ0n) is 6.17. The van der Waals surface area contributed by atoms with E-state index in [4.69, 9.17) is 20.4 Å². The van der Waals surface area contributed by atoms with Crippen LogP contribution >= 0.6 is 0 Å². The monoisotopic (exact) mass is 178 g/mol. The molecule has 4 N–H and O–H groups in total. The first-order chi connectivity index (χ1) is 5.49. The second kappa shape index (κ2) is 2.98. The summed E-state index contributed by atoms with van der Waals surface area (Å²) in [5.41, 5.74) is 0. The lowest BCUT2D eigenvalue weighted by atomic mass is 10.1. The Morgan fingerprint density at radius 3 is 2.50 bits per heavy atom. The van der Waals surface area contributed by atoms with Crippen LogP contribution in [0.25, 0.3) is 0 Å². The summed E-state index contributed by atoms with van der Waals surface area (Å²) < 4.78 is 4.53. The summed E-state index contributed by atoms with van der Waals surface area (Å²) in [5, 5.41) is 35.2. The average Bonchev–Trinajstić information content (AvgIpc) is 2.27. The fraction of sp³-hybridized carbons (Fsp3) is 0.833. The number of aliphatic hydroxyl groups excluding tert-OH is 2. The van der Waals surface area contributed by atoms with E-state index in [9.17, 15) is 4.79 Å². The maximum Gasteiger partial charge on any atom is 0.364 e. The summed E-state index contributed by atoms with van der Waals surface area (Å²) in [4.78, 5) is 10.4. The van der Waals surface area contributed by atoms with Crippen molar-refractivity contribution in [1.82, 2.24) is 0 Å². The third-order valence-electron chi connectivity index (χ3n) is 1.78. The fourth-order valence-corrected chi connectivity index (χ4v) is 1.09. The van der Waals surface area contributed by atoms with Crippen LogP contribution in [0.5, 0.6) is 0 Å². The van der Waals surface area contributed by atoms with Gasteiger partial charge in [0.05, 0.1) is 12.7 Å². The molecule has 0 bridgehead atoms. The van der Waals surface area contributed by atoms with Gasteiger partial charge in [0.15, 0.2) is 0 Å². The second-order valence-electron chi connectivity index (χ2n) is 2.70. The molecule has 0 spiro atoms.